The van der Waals surface area contributed by atoms with Crippen LogP contribution in [0.15, 0.2) is 16.6 Å². The zero-order chi connectivity index (χ0) is 12.4. The molecular formula is C13H18BrNO2. The van der Waals surface area contributed by atoms with Crippen LogP contribution in [0.1, 0.15) is 30.9 Å². The molecule has 1 fully saturated rings. The first-order valence-electron chi connectivity index (χ1n) is 5.82. The van der Waals surface area contributed by atoms with Gasteiger partial charge in [0.25, 0.3) is 0 Å². The topological polar surface area (TPSA) is 44.5 Å². The van der Waals surface area contributed by atoms with Gasteiger partial charge >= 0.3 is 0 Å². The van der Waals surface area contributed by atoms with E-state index in [0.717, 1.165) is 33.9 Å². The fourth-order valence-corrected chi connectivity index (χ4v) is 2.61. The number of hydrogen-bond acceptors (Lipinski definition) is 3. The van der Waals surface area contributed by atoms with Crippen molar-refractivity contribution in [1.29, 1.82) is 0 Å². The lowest BCUT2D eigenvalue weighted by molar-refractivity contribution is 0.353. The molecule has 1 unspecified atom stereocenters. The second-order valence-corrected chi connectivity index (χ2v) is 5.37. The minimum atomic E-state index is 0.0664. The van der Waals surface area contributed by atoms with E-state index in [1.54, 1.807) is 14.2 Å². The number of halogens is 1. The SMILES string of the molecule is COc1cc(Br)c(C(N)CC2CC2)cc1OC. The highest BCUT2D eigenvalue weighted by Gasteiger charge is 2.26. The highest BCUT2D eigenvalue weighted by Crippen LogP contribution is 2.41. The highest BCUT2D eigenvalue weighted by molar-refractivity contribution is 9.10. The fourth-order valence-electron chi connectivity index (χ4n) is 1.99. The molecule has 94 valence electrons. The van der Waals surface area contributed by atoms with Gasteiger partial charge in [-0.3, -0.25) is 0 Å². The summed E-state index contributed by atoms with van der Waals surface area (Å²) in [6.07, 6.45) is 3.69. The van der Waals surface area contributed by atoms with Gasteiger partial charge in [-0.25, -0.2) is 0 Å². The molecule has 0 bridgehead atoms. The summed E-state index contributed by atoms with van der Waals surface area (Å²) in [5.41, 5.74) is 7.32. The molecule has 2 rings (SSSR count). The van der Waals surface area contributed by atoms with Crippen molar-refractivity contribution >= 4 is 15.9 Å². The number of rotatable bonds is 5. The Labute approximate surface area is 110 Å². The van der Waals surface area contributed by atoms with Gasteiger partial charge in [0.15, 0.2) is 11.5 Å². The van der Waals surface area contributed by atoms with E-state index < -0.39 is 0 Å². The third kappa shape index (κ3) is 2.93. The Kier molecular flexibility index (Phi) is 3.94. The lowest BCUT2D eigenvalue weighted by atomic mass is 10.0. The van der Waals surface area contributed by atoms with Crippen LogP contribution in [0, 0.1) is 5.92 Å². The van der Waals surface area contributed by atoms with Crippen molar-refractivity contribution in [2.45, 2.75) is 25.3 Å². The third-order valence-corrected chi connectivity index (χ3v) is 3.87. The monoisotopic (exact) mass is 299 g/mol. The van der Waals surface area contributed by atoms with Gasteiger partial charge in [0.05, 0.1) is 14.2 Å². The average molecular weight is 300 g/mol. The van der Waals surface area contributed by atoms with Gasteiger partial charge in [-0.15, -0.1) is 0 Å². The Hall–Kier alpha value is -0.740. The van der Waals surface area contributed by atoms with E-state index in [9.17, 15) is 0 Å². The average Bonchev–Trinajstić information content (AvgIpc) is 3.12. The number of hydrogen-bond donors (Lipinski definition) is 1. The van der Waals surface area contributed by atoms with Crippen LogP contribution in [-0.2, 0) is 0 Å². The lowest BCUT2D eigenvalue weighted by Gasteiger charge is -2.16. The fraction of sp³-hybridized carbons (Fsp3) is 0.538. The smallest absolute Gasteiger partial charge is 0.161 e. The molecule has 2 N–H and O–H groups in total. The Morgan fingerprint density at radius 3 is 2.41 bits per heavy atom. The second kappa shape index (κ2) is 5.27. The molecule has 0 heterocycles. The maximum Gasteiger partial charge on any atom is 0.161 e. The van der Waals surface area contributed by atoms with E-state index in [2.05, 4.69) is 15.9 Å². The van der Waals surface area contributed by atoms with Crippen molar-refractivity contribution in [3.05, 3.63) is 22.2 Å². The standard InChI is InChI=1S/C13H18BrNO2/c1-16-12-6-9(10(14)7-13(12)17-2)11(15)5-8-3-4-8/h6-8,11H,3-5,15H2,1-2H3. The van der Waals surface area contributed by atoms with Crippen molar-refractivity contribution in [2.24, 2.45) is 11.7 Å². The number of benzene rings is 1. The van der Waals surface area contributed by atoms with Gasteiger partial charge in [-0.1, -0.05) is 28.8 Å². The van der Waals surface area contributed by atoms with Crippen LogP contribution < -0.4 is 15.2 Å². The van der Waals surface area contributed by atoms with E-state index in [1.165, 1.54) is 12.8 Å². The number of nitrogens with two attached hydrogens (primary N) is 1. The molecule has 0 aromatic heterocycles. The second-order valence-electron chi connectivity index (χ2n) is 4.51. The van der Waals surface area contributed by atoms with Crippen LogP contribution in [0.3, 0.4) is 0 Å². The van der Waals surface area contributed by atoms with Crippen LogP contribution in [0.4, 0.5) is 0 Å². The highest BCUT2D eigenvalue weighted by atomic mass is 79.9. The molecule has 0 amide bonds. The molecule has 1 aromatic carbocycles. The molecule has 0 saturated heterocycles. The van der Waals surface area contributed by atoms with E-state index >= 15 is 0 Å². The zero-order valence-corrected chi connectivity index (χ0v) is 11.8. The normalized spacial score (nSPS) is 16.7. The molecule has 3 nitrogen and oxygen atoms in total. The first-order valence-corrected chi connectivity index (χ1v) is 6.62. The lowest BCUT2D eigenvalue weighted by Crippen LogP contribution is -2.12. The summed E-state index contributed by atoms with van der Waals surface area (Å²) in [6, 6.07) is 3.95. The van der Waals surface area contributed by atoms with Gasteiger partial charge < -0.3 is 15.2 Å². The van der Waals surface area contributed by atoms with Gasteiger partial charge in [-0.05, 0) is 30.0 Å². The largest absolute Gasteiger partial charge is 0.493 e. The molecule has 1 aliphatic carbocycles. The van der Waals surface area contributed by atoms with Crippen molar-refractivity contribution in [3.8, 4) is 11.5 Å². The summed E-state index contributed by atoms with van der Waals surface area (Å²) in [5, 5.41) is 0. The maximum absolute atomic E-state index is 6.23. The zero-order valence-electron chi connectivity index (χ0n) is 10.2. The van der Waals surface area contributed by atoms with Crippen LogP contribution in [0.5, 0.6) is 11.5 Å². The Morgan fingerprint density at radius 2 is 1.88 bits per heavy atom. The maximum atomic E-state index is 6.23. The Morgan fingerprint density at radius 1 is 1.29 bits per heavy atom. The molecule has 4 heteroatoms. The van der Waals surface area contributed by atoms with Crippen molar-refractivity contribution < 1.29 is 9.47 Å². The molecule has 17 heavy (non-hydrogen) atoms. The number of ether oxygens (including phenoxy) is 2. The van der Waals surface area contributed by atoms with E-state index in [-0.39, 0.29) is 6.04 Å². The molecule has 0 spiro atoms. The van der Waals surface area contributed by atoms with E-state index in [1.807, 2.05) is 12.1 Å². The van der Waals surface area contributed by atoms with E-state index in [0.29, 0.717) is 0 Å². The van der Waals surface area contributed by atoms with Crippen LogP contribution in [0.25, 0.3) is 0 Å². The molecular weight excluding hydrogens is 282 g/mol. The van der Waals surface area contributed by atoms with Gasteiger partial charge in [0.1, 0.15) is 0 Å². The van der Waals surface area contributed by atoms with Crippen molar-refractivity contribution in [3.63, 3.8) is 0 Å². The molecule has 1 atom stereocenters. The number of methoxy groups -OCH3 is 2. The molecule has 1 saturated carbocycles. The van der Waals surface area contributed by atoms with E-state index in [4.69, 9.17) is 15.2 Å². The summed E-state index contributed by atoms with van der Waals surface area (Å²) < 4.78 is 11.5. The van der Waals surface area contributed by atoms with Gasteiger partial charge in [0.2, 0.25) is 0 Å². The summed E-state index contributed by atoms with van der Waals surface area (Å²) in [4.78, 5) is 0. The van der Waals surface area contributed by atoms with Gasteiger partial charge in [0, 0.05) is 10.5 Å². The Balaban J connectivity index is 2.25. The van der Waals surface area contributed by atoms with Crippen molar-refractivity contribution in [1.82, 2.24) is 0 Å². The van der Waals surface area contributed by atoms with Crippen molar-refractivity contribution in [2.75, 3.05) is 14.2 Å². The predicted molar refractivity (Wildman–Crippen MR) is 71.5 cm³/mol. The summed E-state index contributed by atoms with van der Waals surface area (Å²) >= 11 is 3.55. The third-order valence-electron chi connectivity index (χ3n) is 3.19. The van der Waals surface area contributed by atoms with Crippen LogP contribution >= 0.6 is 15.9 Å². The molecule has 0 aliphatic heterocycles. The van der Waals surface area contributed by atoms with Crippen LogP contribution in [0.2, 0.25) is 0 Å². The minimum absolute atomic E-state index is 0.0664. The molecule has 1 aromatic rings. The van der Waals surface area contributed by atoms with Gasteiger partial charge in [-0.2, -0.15) is 0 Å². The first kappa shape index (κ1) is 12.7. The quantitative estimate of drug-likeness (QED) is 0.907. The van der Waals surface area contributed by atoms with Crippen LogP contribution in [-0.4, -0.2) is 14.2 Å². The predicted octanol–water partition coefficient (Wildman–Crippen LogP) is 3.27. The first-order chi connectivity index (χ1) is 8.15. The summed E-state index contributed by atoms with van der Waals surface area (Å²) in [7, 11) is 3.27. The molecule has 1 aliphatic rings. The summed E-state index contributed by atoms with van der Waals surface area (Å²) in [6.45, 7) is 0. The Bertz CT molecular complexity index is 405. The summed E-state index contributed by atoms with van der Waals surface area (Å²) in [5.74, 6) is 2.27. The minimum Gasteiger partial charge on any atom is -0.493 e. The molecule has 0 radical (unpaired) electrons.